The Balaban J connectivity index is 2.05. The number of halogens is 2. The van der Waals surface area contributed by atoms with Gasteiger partial charge in [0.05, 0.1) is 5.75 Å². The maximum atomic E-state index is 12.2. The molecule has 0 aliphatic carbocycles. The van der Waals surface area contributed by atoms with Crippen molar-refractivity contribution in [2.45, 2.75) is 19.6 Å². The van der Waals surface area contributed by atoms with Crippen molar-refractivity contribution in [3.05, 3.63) is 63.1 Å². The van der Waals surface area contributed by atoms with Crippen LogP contribution in [0.5, 0.6) is 0 Å². The summed E-state index contributed by atoms with van der Waals surface area (Å²) in [7, 11) is -3.65. The standard InChI is InChI=1S/C17H17Cl2NO3S/c1-11-3-6-15(7-12(11)2)20-17(21)10-24(22,23)9-13-4-5-14(18)8-16(13)19/h3-8H,9-10H2,1-2H3,(H,20,21). The van der Waals surface area contributed by atoms with Crippen molar-refractivity contribution in [3.8, 4) is 0 Å². The first-order valence-corrected chi connectivity index (χ1v) is 9.75. The molecule has 1 amide bonds. The molecule has 0 fully saturated rings. The molecule has 24 heavy (non-hydrogen) atoms. The molecule has 7 heteroatoms. The molecule has 1 N–H and O–H groups in total. The average molecular weight is 386 g/mol. The second-order valence-electron chi connectivity index (χ2n) is 5.62. The van der Waals surface area contributed by atoms with E-state index in [1.165, 1.54) is 6.07 Å². The number of hydrogen-bond donors (Lipinski definition) is 1. The Morgan fingerprint density at radius 1 is 1.04 bits per heavy atom. The van der Waals surface area contributed by atoms with Gasteiger partial charge in [-0.05, 0) is 54.8 Å². The van der Waals surface area contributed by atoms with E-state index in [0.717, 1.165) is 11.1 Å². The van der Waals surface area contributed by atoms with Gasteiger partial charge in [0.15, 0.2) is 9.84 Å². The number of amides is 1. The summed E-state index contributed by atoms with van der Waals surface area (Å²) in [6.07, 6.45) is 0. The molecule has 2 aromatic carbocycles. The van der Waals surface area contributed by atoms with Gasteiger partial charge in [-0.15, -0.1) is 0 Å². The molecule has 0 saturated carbocycles. The van der Waals surface area contributed by atoms with Crippen molar-refractivity contribution in [1.29, 1.82) is 0 Å². The van der Waals surface area contributed by atoms with E-state index in [9.17, 15) is 13.2 Å². The summed E-state index contributed by atoms with van der Waals surface area (Å²) in [5.41, 5.74) is 3.10. The van der Waals surface area contributed by atoms with Gasteiger partial charge in [-0.1, -0.05) is 35.3 Å². The van der Waals surface area contributed by atoms with Crippen LogP contribution in [0.4, 0.5) is 5.69 Å². The van der Waals surface area contributed by atoms with Gasteiger partial charge in [0.25, 0.3) is 0 Å². The number of carbonyl (C=O) groups is 1. The summed E-state index contributed by atoms with van der Waals surface area (Å²) in [4.78, 5) is 12.0. The number of aryl methyl sites for hydroxylation is 2. The van der Waals surface area contributed by atoms with E-state index >= 15 is 0 Å². The first-order valence-electron chi connectivity index (χ1n) is 7.18. The maximum absolute atomic E-state index is 12.2. The van der Waals surface area contributed by atoms with Crippen LogP contribution in [-0.2, 0) is 20.4 Å². The topological polar surface area (TPSA) is 63.2 Å². The molecule has 0 atom stereocenters. The highest BCUT2D eigenvalue weighted by Crippen LogP contribution is 2.23. The molecule has 4 nitrogen and oxygen atoms in total. The summed E-state index contributed by atoms with van der Waals surface area (Å²) in [6, 6.07) is 9.99. The Hall–Kier alpha value is -1.56. The van der Waals surface area contributed by atoms with Crippen LogP contribution >= 0.6 is 23.2 Å². The molecule has 128 valence electrons. The van der Waals surface area contributed by atoms with E-state index < -0.39 is 21.5 Å². The van der Waals surface area contributed by atoms with Crippen LogP contribution in [0.3, 0.4) is 0 Å². The summed E-state index contributed by atoms with van der Waals surface area (Å²) in [6.45, 7) is 3.88. The molecule has 0 radical (unpaired) electrons. The highest BCUT2D eigenvalue weighted by atomic mass is 35.5. The molecule has 0 aromatic heterocycles. The van der Waals surface area contributed by atoms with Gasteiger partial charge in [0.1, 0.15) is 5.75 Å². The molecule has 0 spiro atoms. The smallest absolute Gasteiger partial charge is 0.239 e. The molecule has 0 bridgehead atoms. The van der Waals surface area contributed by atoms with Crippen LogP contribution in [0.25, 0.3) is 0 Å². The highest BCUT2D eigenvalue weighted by Gasteiger charge is 2.19. The average Bonchev–Trinajstić information content (AvgIpc) is 2.45. The second kappa shape index (κ2) is 7.55. The Morgan fingerprint density at radius 2 is 1.75 bits per heavy atom. The van der Waals surface area contributed by atoms with E-state index in [1.54, 1.807) is 24.3 Å². The first kappa shape index (κ1) is 18.8. The lowest BCUT2D eigenvalue weighted by molar-refractivity contribution is -0.113. The molecule has 0 aliphatic rings. The zero-order chi connectivity index (χ0) is 17.9. The van der Waals surface area contributed by atoms with E-state index in [0.29, 0.717) is 16.3 Å². The predicted octanol–water partition coefficient (Wildman–Crippen LogP) is 4.16. The van der Waals surface area contributed by atoms with Gasteiger partial charge in [0.2, 0.25) is 5.91 Å². The SMILES string of the molecule is Cc1ccc(NC(=O)CS(=O)(=O)Cc2ccc(Cl)cc2Cl)cc1C. The van der Waals surface area contributed by atoms with Gasteiger partial charge < -0.3 is 5.32 Å². The van der Waals surface area contributed by atoms with E-state index in [2.05, 4.69) is 5.32 Å². The molecule has 0 unspecified atom stereocenters. The molecule has 0 heterocycles. The largest absolute Gasteiger partial charge is 0.325 e. The first-order chi connectivity index (χ1) is 11.2. The molecule has 0 saturated heterocycles. The van der Waals surface area contributed by atoms with Crippen LogP contribution in [0.15, 0.2) is 36.4 Å². The summed E-state index contributed by atoms with van der Waals surface area (Å²) < 4.78 is 24.4. The van der Waals surface area contributed by atoms with Crippen molar-refractivity contribution < 1.29 is 13.2 Å². The van der Waals surface area contributed by atoms with Crippen LogP contribution < -0.4 is 5.32 Å². The normalized spacial score (nSPS) is 11.3. The number of carbonyl (C=O) groups excluding carboxylic acids is 1. The van der Waals surface area contributed by atoms with E-state index in [-0.39, 0.29) is 10.8 Å². The molecule has 2 rings (SSSR count). The fourth-order valence-electron chi connectivity index (χ4n) is 2.14. The number of hydrogen-bond acceptors (Lipinski definition) is 3. The van der Waals surface area contributed by atoms with Gasteiger partial charge in [-0.25, -0.2) is 8.42 Å². The second-order valence-corrected chi connectivity index (χ2v) is 8.52. The molecular formula is C17H17Cl2NO3S. The van der Waals surface area contributed by atoms with Gasteiger partial charge in [0, 0.05) is 15.7 Å². The quantitative estimate of drug-likeness (QED) is 0.839. The van der Waals surface area contributed by atoms with Crippen molar-refractivity contribution in [1.82, 2.24) is 0 Å². The van der Waals surface area contributed by atoms with Gasteiger partial charge >= 0.3 is 0 Å². The highest BCUT2D eigenvalue weighted by molar-refractivity contribution is 7.91. The number of anilines is 1. The van der Waals surface area contributed by atoms with Crippen molar-refractivity contribution >= 4 is 44.6 Å². The van der Waals surface area contributed by atoms with Crippen molar-refractivity contribution in [2.75, 3.05) is 11.1 Å². The van der Waals surface area contributed by atoms with Crippen molar-refractivity contribution in [3.63, 3.8) is 0 Å². The number of nitrogens with one attached hydrogen (secondary N) is 1. The number of benzene rings is 2. The van der Waals surface area contributed by atoms with Gasteiger partial charge in [-0.2, -0.15) is 0 Å². The van der Waals surface area contributed by atoms with Crippen LogP contribution in [0.1, 0.15) is 16.7 Å². The minimum absolute atomic E-state index is 0.264. The summed E-state index contributed by atoms with van der Waals surface area (Å²) in [5, 5.41) is 3.29. The Bertz CT molecular complexity index is 879. The lowest BCUT2D eigenvalue weighted by Crippen LogP contribution is -2.24. The zero-order valence-electron chi connectivity index (χ0n) is 13.3. The third-order valence-electron chi connectivity index (χ3n) is 3.53. The number of sulfone groups is 1. The maximum Gasteiger partial charge on any atom is 0.239 e. The monoisotopic (exact) mass is 385 g/mol. The minimum Gasteiger partial charge on any atom is -0.325 e. The summed E-state index contributed by atoms with van der Waals surface area (Å²) >= 11 is 11.8. The molecule has 2 aromatic rings. The van der Waals surface area contributed by atoms with E-state index in [1.807, 2.05) is 19.9 Å². The fraction of sp³-hybridized carbons (Fsp3) is 0.235. The van der Waals surface area contributed by atoms with Crippen LogP contribution in [-0.4, -0.2) is 20.1 Å². The zero-order valence-corrected chi connectivity index (χ0v) is 15.6. The van der Waals surface area contributed by atoms with Crippen LogP contribution in [0, 0.1) is 13.8 Å². The third kappa shape index (κ3) is 5.23. The van der Waals surface area contributed by atoms with Crippen molar-refractivity contribution in [2.24, 2.45) is 0 Å². The Kier molecular flexibility index (Phi) is 5.91. The summed E-state index contributed by atoms with van der Waals surface area (Å²) in [5.74, 6) is -1.51. The van der Waals surface area contributed by atoms with Gasteiger partial charge in [-0.3, -0.25) is 4.79 Å². The molecular weight excluding hydrogens is 369 g/mol. The molecule has 0 aliphatic heterocycles. The predicted molar refractivity (Wildman–Crippen MR) is 98.5 cm³/mol. The fourth-order valence-corrected chi connectivity index (χ4v) is 4.00. The van der Waals surface area contributed by atoms with E-state index in [4.69, 9.17) is 23.2 Å². The lowest BCUT2D eigenvalue weighted by Gasteiger charge is -2.09. The Labute approximate surface area is 151 Å². The lowest BCUT2D eigenvalue weighted by atomic mass is 10.1. The number of rotatable bonds is 5. The third-order valence-corrected chi connectivity index (χ3v) is 5.57. The minimum atomic E-state index is -3.65. The van der Waals surface area contributed by atoms with Crippen LogP contribution in [0.2, 0.25) is 10.0 Å². The Morgan fingerprint density at radius 3 is 2.38 bits per heavy atom.